The largest absolute Gasteiger partial charge is 0.472 e. The molecule has 66 heavy (non-hydrogen) atoms. The van der Waals surface area contributed by atoms with E-state index in [1.54, 1.807) is 6.08 Å². The molecule has 1 amide bonds. The van der Waals surface area contributed by atoms with E-state index in [1.807, 2.05) is 27.2 Å². The maximum absolute atomic E-state index is 13.0. The third-order valence-electron chi connectivity index (χ3n) is 12.9. The zero-order valence-corrected chi connectivity index (χ0v) is 45.3. The maximum atomic E-state index is 13.0. The molecule has 0 aromatic rings. The van der Waals surface area contributed by atoms with Gasteiger partial charge in [0.2, 0.25) is 5.91 Å². The number of rotatable bonds is 52. The molecule has 0 saturated carbocycles. The zero-order chi connectivity index (χ0) is 48.5. The molecule has 0 radical (unpaired) electrons. The molecule has 0 aromatic heterocycles. The number of allylic oxidation sites excluding steroid dienone is 5. The van der Waals surface area contributed by atoms with Gasteiger partial charge < -0.3 is 19.8 Å². The molecule has 0 aliphatic rings. The highest BCUT2D eigenvalue weighted by molar-refractivity contribution is 7.47. The summed E-state index contributed by atoms with van der Waals surface area (Å²) in [6.45, 7) is 4.84. The predicted molar refractivity (Wildman–Crippen MR) is 286 cm³/mol. The van der Waals surface area contributed by atoms with Crippen molar-refractivity contribution in [1.82, 2.24) is 5.32 Å². The number of hydrogen-bond donors (Lipinski definition) is 3. The monoisotopic (exact) mass is 952 g/mol. The number of aliphatic hydroxyl groups is 1. The Morgan fingerprint density at radius 2 is 0.864 bits per heavy atom. The summed E-state index contributed by atoms with van der Waals surface area (Å²) in [7, 11) is 1.57. The quantitative estimate of drug-likeness (QED) is 0.0243. The van der Waals surface area contributed by atoms with Gasteiger partial charge in [0.05, 0.1) is 39.9 Å². The molecular weight excluding hydrogens is 840 g/mol. The Bertz CT molecular complexity index is 1170. The van der Waals surface area contributed by atoms with Gasteiger partial charge in [-0.05, 0) is 51.4 Å². The Hall–Kier alpha value is -1.28. The van der Waals surface area contributed by atoms with Crippen molar-refractivity contribution < 1.29 is 32.9 Å². The molecule has 9 heteroatoms. The first-order valence-corrected chi connectivity index (χ1v) is 29.9. The van der Waals surface area contributed by atoms with Gasteiger partial charge in [-0.2, -0.15) is 0 Å². The van der Waals surface area contributed by atoms with Gasteiger partial charge in [0.25, 0.3) is 0 Å². The molecule has 0 aliphatic carbocycles. The second-order valence-electron chi connectivity index (χ2n) is 20.7. The lowest BCUT2D eigenvalue weighted by atomic mass is 10.0. The number of carbonyl (C=O) groups is 1. The predicted octanol–water partition coefficient (Wildman–Crippen LogP) is 17.0. The van der Waals surface area contributed by atoms with E-state index in [2.05, 4.69) is 43.5 Å². The van der Waals surface area contributed by atoms with Crippen LogP contribution >= 0.6 is 7.82 Å². The Labute approximate surface area is 410 Å². The molecule has 0 heterocycles. The van der Waals surface area contributed by atoms with E-state index in [-0.39, 0.29) is 19.1 Å². The summed E-state index contributed by atoms with van der Waals surface area (Å²) >= 11 is 0. The minimum atomic E-state index is -4.35. The third kappa shape index (κ3) is 50.6. The van der Waals surface area contributed by atoms with Crippen LogP contribution in [0.25, 0.3) is 0 Å². The van der Waals surface area contributed by atoms with Crippen molar-refractivity contribution in [2.24, 2.45) is 0 Å². The lowest BCUT2D eigenvalue weighted by Crippen LogP contribution is -2.45. The second-order valence-corrected chi connectivity index (χ2v) is 22.1. The molecule has 8 nitrogen and oxygen atoms in total. The molecular formula is C57H112N2O6P+. The lowest BCUT2D eigenvalue weighted by molar-refractivity contribution is -0.870. The van der Waals surface area contributed by atoms with E-state index in [4.69, 9.17) is 9.05 Å². The minimum Gasteiger partial charge on any atom is -0.387 e. The van der Waals surface area contributed by atoms with E-state index in [0.717, 1.165) is 51.4 Å². The first-order valence-electron chi connectivity index (χ1n) is 28.4. The number of amides is 1. The molecule has 0 aliphatic heterocycles. The molecule has 0 saturated heterocycles. The van der Waals surface area contributed by atoms with Crippen LogP contribution in [0.4, 0.5) is 0 Å². The van der Waals surface area contributed by atoms with Crippen LogP contribution in [0, 0.1) is 0 Å². The van der Waals surface area contributed by atoms with Gasteiger partial charge in [-0.25, -0.2) is 4.57 Å². The van der Waals surface area contributed by atoms with Gasteiger partial charge in [0.15, 0.2) is 0 Å². The number of quaternary nitrogens is 1. The van der Waals surface area contributed by atoms with E-state index >= 15 is 0 Å². The van der Waals surface area contributed by atoms with Crippen LogP contribution in [0.15, 0.2) is 36.5 Å². The maximum Gasteiger partial charge on any atom is 0.472 e. The molecule has 0 spiro atoms. The van der Waals surface area contributed by atoms with Crippen LogP contribution in [-0.2, 0) is 18.4 Å². The zero-order valence-electron chi connectivity index (χ0n) is 44.4. The summed E-state index contributed by atoms with van der Waals surface area (Å²) < 4.78 is 23.7. The van der Waals surface area contributed by atoms with Crippen LogP contribution in [0.2, 0.25) is 0 Å². The Morgan fingerprint density at radius 3 is 1.24 bits per heavy atom. The molecule has 0 bridgehead atoms. The number of phosphoric ester groups is 1. The fraction of sp³-hybridized carbons (Fsp3) is 0.877. The normalized spacial score (nSPS) is 14.2. The van der Waals surface area contributed by atoms with Crippen LogP contribution in [0.3, 0.4) is 0 Å². The number of phosphoric acid groups is 1. The smallest absolute Gasteiger partial charge is 0.387 e. The number of unbranched alkanes of at least 4 members (excludes halogenated alkanes) is 35. The molecule has 3 N–H and O–H groups in total. The highest BCUT2D eigenvalue weighted by atomic mass is 31.2. The van der Waals surface area contributed by atoms with E-state index < -0.39 is 20.0 Å². The lowest BCUT2D eigenvalue weighted by Gasteiger charge is -2.25. The average Bonchev–Trinajstić information content (AvgIpc) is 3.28. The minimum absolute atomic E-state index is 0.0601. The fourth-order valence-corrected chi connectivity index (χ4v) is 9.10. The first kappa shape index (κ1) is 64.7. The molecule has 3 unspecified atom stereocenters. The van der Waals surface area contributed by atoms with Gasteiger partial charge in [-0.1, -0.05) is 249 Å². The number of nitrogens with zero attached hydrogens (tertiary/aromatic N) is 1. The van der Waals surface area contributed by atoms with Crippen LogP contribution in [-0.4, -0.2) is 73.4 Å². The summed E-state index contributed by atoms with van der Waals surface area (Å²) in [5.74, 6) is -0.182. The van der Waals surface area contributed by atoms with Crippen molar-refractivity contribution >= 4 is 13.7 Å². The van der Waals surface area contributed by atoms with Crippen molar-refractivity contribution in [3.8, 4) is 0 Å². The van der Waals surface area contributed by atoms with Crippen molar-refractivity contribution in [3.63, 3.8) is 0 Å². The molecule has 0 aromatic carbocycles. The van der Waals surface area contributed by atoms with Crippen molar-refractivity contribution in [2.45, 2.75) is 283 Å². The Kier molecular flexibility index (Phi) is 47.8. The van der Waals surface area contributed by atoms with Gasteiger partial charge in [-0.15, -0.1) is 0 Å². The van der Waals surface area contributed by atoms with Gasteiger partial charge in [-0.3, -0.25) is 13.8 Å². The summed E-state index contributed by atoms with van der Waals surface area (Å²) in [5.41, 5.74) is 0. The SMILES string of the molecule is CCCCCCCCCCC/C=C\C/C=C\CCCCCCCCCC(=O)NC(COP(=O)(O)OCC[N+](C)(C)C)C(O)/C=C/CCCCCCCCCCCCCCCCCCCCC. The molecule has 3 atom stereocenters. The summed E-state index contributed by atoms with van der Waals surface area (Å²) in [6, 6.07) is -0.851. The van der Waals surface area contributed by atoms with Crippen molar-refractivity contribution in [2.75, 3.05) is 40.9 Å². The van der Waals surface area contributed by atoms with Gasteiger partial charge in [0, 0.05) is 6.42 Å². The number of likely N-dealkylation sites (N-methyl/N-ethyl adjacent to an activating group) is 1. The molecule has 0 rings (SSSR count). The second kappa shape index (κ2) is 48.7. The van der Waals surface area contributed by atoms with Gasteiger partial charge in [0.1, 0.15) is 13.2 Å². The number of hydrogen-bond acceptors (Lipinski definition) is 5. The molecule has 390 valence electrons. The number of nitrogens with one attached hydrogen (secondary N) is 1. The standard InChI is InChI=1S/C57H111N2O6P/c1-6-8-10-12-14-16-18-20-22-24-26-28-29-31-33-35-37-39-41-43-45-47-49-51-57(61)58-55(54-65-66(62,63)64-53-52-59(3,4)5)56(60)50-48-46-44-42-40-38-36-34-32-30-27-25-23-21-19-17-15-13-11-9-7-2/h26,28,31,33,48,50,55-56,60H,6-25,27,29-30,32,34-47,49,51-54H2,1-5H3,(H-,58,61,62,63)/p+1/b28-26-,33-31-,50-48+. The number of aliphatic hydroxyl groups excluding tert-OH is 1. The summed E-state index contributed by atoms with van der Waals surface area (Å²) in [6.07, 6.45) is 62.3. The fourth-order valence-electron chi connectivity index (χ4n) is 8.37. The average molecular weight is 953 g/mol. The topological polar surface area (TPSA) is 105 Å². The van der Waals surface area contributed by atoms with E-state index in [0.29, 0.717) is 17.4 Å². The van der Waals surface area contributed by atoms with Gasteiger partial charge >= 0.3 is 7.82 Å². The van der Waals surface area contributed by atoms with E-state index in [9.17, 15) is 19.4 Å². The highest BCUT2D eigenvalue weighted by Gasteiger charge is 2.27. The van der Waals surface area contributed by atoms with Crippen molar-refractivity contribution in [1.29, 1.82) is 0 Å². The van der Waals surface area contributed by atoms with E-state index in [1.165, 1.54) is 199 Å². The Balaban J connectivity index is 4.26. The van der Waals surface area contributed by atoms with Crippen molar-refractivity contribution in [3.05, 3.63) is 36.5 Å². The summed E-state index contributed by atoms with van der Waals surface area (Å²) in [4.78, 5) is 23.3. The summed E-state index contributed by atoms with van der Waals surface area (Å²) in [5, 5.41) is 13.9. The van der Waals surface area contributed by atoms with Crippen LogP contribution in [0.1, 0.15) is 271 Å². The third-order valence-corrected chi connectivity index (χ3v) is 13.8. The Morgan fingerprint density at radius 1 is 0.515 bits per heavy atom. The van der Waals surface area contributed by atoms with Crippen LogP contribution in [0.5, 0.6) is 0 Å². The molecule has 0 fully saturated rings. The van der Waals surface area contributed by atoms with Crippen LogP contribution < -0.4 is 5.32 Å². The first-order chi connectivity index (χ1) is 32.0. The number of carbonyl (C=O) groups excluding carboxylic acids is 1. The highest BCUT2D eigenvalue weighted by Crippen LogP contribution is 2.43.